The molecule has 0 bridgehead atoms. The third-order valence-corrected chi connectivity index (χ3v) is 2.21. The summed E-state index contributed by atoms with van der Waals surface area (Å²) in [4.78, 5) is 0. The standard InChI is InChI=1S/C11H16FNO/c1-7-5-4-6-10(11(7)12)14-9(3)8(2)13/h4-6,8-9H,13H2,1-3H3/t8-,9?/m1/s1. The Labute approximate surface area is 83.9 Å². The lowest BCUT2D eigenvalue weighted by Gasteiger charge is -2.18. The van der Waals surface area contributed by atoms with Gasteiger partial charge in [0.05, 0.1) is 0 Å². The van der Waals surface area contributed by atoms with Crippen molar-refractivity contribution in [3.8, 4) is 5.75 Å². The van der Waals surface area contributed by atoms with Crippen LogP contribution in [-0.4, -0.2) is 12.1 Å². The van der Waals surface area contributed by atoms with Gasteiger partial charge in [-0.05, 0) is 32.4 Å². The van der Waals surface area contributed by atoms with Gasteiger partial charge in [0.25, 0.3) is 0 Å². The molecule has 2 N–H and O–H groups in total. The molecule has 0 aliphatic carbocycles. The maximum Gasteiger partial charge on any atom is 0.167 e. The van der Waals surface area contributed by atoms with Crippen LogP contribution >= 0.6 is 0 Å². The summed E-state index contributed by atoms with van der Waals surface area (Å²) in [6.45, 7) is 5.36. The number of ether oxygens (including phenoxy) is 1. The molecule has 0 fully saturated rings. The maximum absolute atomic E-state index is 13.5. The Kier molecular flexibility index (Phi) is 3.47. The first-order valence-electron chi connectivity index (χ1n) is 4.69. The highest BCUT2D eigenvalue weighted by Gasteiger charge is 2.12. The molecule has 0 amide bonds. The van der Waals surface area contributed by atoms with Crippen LogP contribution in [0.3, 0.4) is 0 Å². The molecule has 3 heteroatoms. The first-order valence-corrected chi connectivity index (χ1v) is 4.69. The Morgan fingerprint density at radius 3 is 2.57 bits per heavy atom. The van der Waals surface area contributed by atoms with Crippen LogP contribution in [0.25, 0.3) is 0 Å². The fourth-order valence-electron chi connectivity index (χ4n) is 1.02. The Morgan fingerprint density at radius 1 is 1.36 bits per heavy atom. The average molecular weight is 197 g/mol. The molecule has 1 unspecified atom stereocenters. The van der Waals surface area contributed by atoms with Gasteiger partial charge in [-0.3, -0.25) is 0 Å². The van der Waals surface area contributed by atoms with E-state index >= 15 is 0 Å². The number of rotatable bonds is 3. The van der Waals surface area contributed by atoms with E-state index in [9.17, 15) is 4.39 Å². The van der Waals surface area contributed by atoms with Gasteiger partial charge in [0.1, 0.15) is 6.10 Å². The number of halogens is 1. The van der Waals surface area contributed by atoms with E-state index in [1.54, 1.807) is 25.1 Å². The molecule has 1 aromatic rings. The molecule has 0 saturated heterocycles. The molecule has 0 spiro atoms. The van der Waals surface area contributed by atoms with Gasteiger partial charge < -0.3 is 10.5 Å². The number of hydrogen-bond acceptors (Lipinski definition) is 2. The van der Waals surface area contributed by atoms with Crippen molar-refractivity contribution in [1.29, 1.82) is 0 Å². The van der Waals surface area contributed by atoms with Crippen LogP contribution in [0.2, 0.25) is 0 Å². The summed E-state index contributed by atoms with van der Waals surface area (Å²) in [6, 6.07) is 4.97. The summed E-state index contributed by atoms with van der Waals surface area (Å²) in [6.07, 6.45) is -0.189. The van der Waals surface area contributed by atoms with Gasteiger partial charge in [0, 0.05) is 6.04 Å². The summed E-state index contributed by atoms with van der Waals surface area (Å²) in [5.41, 5.74) is 6.21. The molecule has 2 nitrogen and oxygen atoms in total. The molecular weight excluding hydrogens is 181 g/mol. The molecule has 1 rings (SSSR count). The molecule has 0 aromatic heterocycles. The van der Waals surface area contributed by atoms with Gasteiger partial charge in [0.2, 0.25) is 0 Å². The van der Waals surface area contributed by atoms with Crippen molar-refractivity contribution >= 4 is 0 Å². The van der Waals surface area contributed by atoms with E-state index < -0.39 is 0 Å². The first-order chi connectivity index (χ1) is 6.52. The van der Waals surface area contributed by atoms with Crippen LogP contribution in [0.4, 0.5) is 4.39 Å². The molecule has 0 heterocycles. The molecule has 14 heavy (non-hydrogen) atoms. The summed E-state index contributed by atoms with van der Waals surface area (Å²) in [5.74, 6) is -0.0326. The lowest BCUT2D eigenvalue weighted by Crippen LogP contribution is -2.33. The number of nitrogens with two attached hydrogens (primary N) is 1. The minimum absolute atomic E-state index is 0.116. The Hall–Kier alpha value is -1.09. The molecule has 0 aliphatic heterocycles. The predicted octanol–water partition coefficient (Wildman–Crippen LogP) is 2.25. The zero-order chi connectivity index (χ0) is 10.7. The number of benzene rings is 1. The van der Waals surface area contributed by atoms with E-state index in [2.05, 4.69) is 0 Å². The fraction of sp³-hybridized carbons (Fsp3) is 0.455. The zero-order valence-electron chi connectivity index (χ0n) is 8.75. The lowest BCUT2D eigenvalue weighted by molar-refractivity contribution is 0.188. The van der Waals surface area contributed by atoms with Crippen molar-refractivity contribution in [3.63, 3.8) is 0 Å². The van der Waals surface area contributed by atoms with Gasteiger partial charge >= 0.3 is 0 Å². The molecule has 0 aliphatic rings. The van der Waals surface area contributed by atoms with E-state index in [4.69, 9.17) is 10.5 Å². The minimum Gasteiger partial charge on any atom is -0.486 e. The molecule has 0 saturated carbocycles. The summed E-state index contributed by atoms with van der Waals surface area (Å²) in [7, 11) is 0. The molecule has 1 aromatic carbocycles. The lowest BCUT2D eigenvalue weighted by atomic mass is 10.2. The SMILES string of the molecule is Cc1cccc(OC(C)[C@@H](C)N)c1F. The van der Waals surface area contributed by atoms with E-state index in [0.717, 1.165) is 0 Å². The first kappa shape index (κ1) is 11.0. The Morgan fingerprint density at radius 2 is 2.00 bits per heavy atom. The quantitative estimate of drug-likeness (QED) is 0.806. The van der Waals surface area contributed by atoms with E-state index in [0.29, 0.717) is 5.56 Å². The van der Waals surface area contributed by atoms with Crippen molar-refractivity contribution in [1.82, 2.24) is 0 Å². The van der Waals surface area contributed by atoms with Crippen LogP contribution in [-0.2, 0) is 0 Å². The van der Waals surface area contributed by atoms with Crippen molar-refractivity contribution < 1.29 is 9.13 Å². The normalized spacial score (nSPS) is 14.9. The monoisotopic (exact) mass is 197 g/mol. The fourth-order valence-corrected chi connectivity index (χ4v) is 1.02. The highest BCUT2D eigenvalue weighted by atomic mass is 19.1. The summed E-state index contributed by atoms with van der Waals surface area (Å²) < 4.78 is 18.8. The van der Waals surface area contributed by atoms with Gasteiger partial charge in [-0.25, -0.2) is 4.39 Å². The van der Waals surface area contributed by atoms with Crippen LogP contribution < -0.4 is 10.5 Å². The zero-order valence-corrected chi connectivity index (χ0v) is 8.75. The summed E-state index contributed by atoms with van der Waals surface area (Å²) >= 11 is 0. The molecule has 2 atom stereocenters. The van der Waals surface area contributed by atoms with Crippen LogP contribution in [0.1, 0.15) is 19.4 Å². The van der Waals surface area contributed by atoms with E-state index in [-0.39, 0.29) is 23.7 Å². The smallest absolute Gasteiger partial charge is 0.167 e. The van der Waals surface area contributed by atoms with Crippen LogP contribution in [0.15, 0.2) is 18.2 Å². The van der Waals surface area contributed by atoms with Crippen molar-refractivity contribution in [2.45, 2.75) is 32.9 Å². The second-order valence-electron chi connectivity index (χ2n) is 3.57. The average Bonchev–Trinajstić information content (AvgIpc) is 2.12. The minimum atomic E-state index is -0.306. The van der Waals surface area contributed by atoms with E-state index in [1.807, 2.05) is 13.8 Å². The maximum atomic E-state index is 13.5. The highest BCUT2D eigenvalue weighted by molar-refractivity contribution is 5.30. The van der Waals surface area contributed by atoms with Crippen molar-refractivity contribution in [3.05, 3.63) is 29.6 Å². The third kappa shape index (κ3) is 2.45. The second kappa shape index (κ2) is 4.42. The predicted molar refractivity (Wildman–Crippen MR) is 54.9 cm³/mol. The van der Waals surface area contributed by atoms with Gasteiger partial charge in [-0.15, -0.1) is 0 Å². The van der Waals surface area contributed by atoms with Gasteiger partial charge in [0.15, 0.2) is 11.6 Å². The Bertz CT molecular complexity index is 312. The summed E-state index contributed by atoms with van der Waals surface area (Å²) in [5, 5.41) is 0. The van der Waals surface area contributed by atoms with Crippen molar-refractivity contribution in [2.75, 3.05) is 0 Å². The topological polar surface area (TPSA) is 35.2 Å². The largest absolute Gasteiger partial charge is 0.486 e. The highest BCUT2D eigenvalue weighted by Crippen LogP contribution is 2.21. The van der Waals surface area contributed by atoms with Gasteiger partial charge in [-0.2, -0.15) is 0 Å². The van der Waals surface area contributed by atoms with Crippen LogP contribution in [0, 0.1) is 12.7 Å². The number of hydrogen-bond donors (Lipinski definition) is 1. The molecule has 78 valence electrons. The third-order valence-electron chi connectivity index (χ3n) is 2.21. The number of aryl methyl sites for hydroxylation is 1. The van der Waals surface area contributed by atoms with E-state index in [1.165, 1.54) is 0 Å². The second-order valence-corrected chi connectivity index (χ2v) is 3.57. The molecule has 0 radical (unpaired) electrons. The van der Waals surface area contributed by atoms with Gasteiger partial charge in [-0.1, -0.05) is 12.1 Å². The van der Waals surface area contributed by atoms with Crippen LogP contribution in [0.5, 0.6) is 5.75 Å². The Balaban J connectivity index is 2.82. The van der Waals surface area contributed by atoms with Crippen molar-refractivity contribution in [2.24, 2.45) is 5.73 Å². The molecular formula is C11H16FNO.